The average Bonchev–Trinajstić information content (AvgIpc) is 2.87. The second-order valence-corrected chi connectivity index (χ2v) is 5.94. The summed E-state index contributed by atoms with van der Waals surface area (Å²) in [6.07, 6.45) is 12.9. The molecule has 100 valence electrons. The Balaban J connectivity index is 2.10. The fourth-order valence-electron chi connectivity index (χ4n) is 3.95. The van der Waals surface area contributed by atoms with Crippen molar-refractivity contribution in [2.24, 2.45) is 11.8 Å². The van der Waals surface area contributed by atoms with Gasteiger partial charge in [0.15, 0.2) is 0 Å². The van der Waals surface area contributed by atoms with Crippen LogP contribution in [0.3, 0.4) is 0 Å². The van der Waals surface area contributed by atoms with E-state index in [9.17, 15) is 0 Å². The standard InChI is InChI=1S/C19H24/c1-2-15-9-6-7-10-16-13-8-14-18(16)19(15)17-11-4-3-5-12-17/h3-6,9,11-12,16,18H,2,7-8,10,13-14H2,1H3. The second-order valence-electron chi connectivity index (χ2n) is 5.94. The molecule has 0 heteroatoms. The lowest BCUT2D eigenvalue weighted by atomic mass is 9.78. The van der Waals surface area contributed by atoms with Gasteiger partial charge in [-0.2, -0.15) is 0 Å². The lowest BCUT2D eigenvalue weighted by molar-refractivity contribution is 0.436. The van der Waals surface area contributed by atoms with E-state index in [1.54, 1.807) is 11.1 Å². The van der Waals surface area contributed by atoms with Crippen molar-refractivity contribution >= 4 is 5.57 Å². The maximum absolute atomic E-state index is 2.40. The van der Waals surface area contributed by atoms with Crippen LogP contribution in [0.4, 0.5) is 0 Å². The lowest BCUT2D eigenvalue weighted by Crippen LogP contribution is -2.13. The van der Waals surface area contributed by atoms with Gasteiger partial charge in [0.1, 0.15) is 0 Å². The highest BCUT2D eigenvalue weighted by molar-refractivity contribution is 5.73. The number of fused-ring (bicyclic) bond motifs is 1. The molecule has 1 saturated carbocycles. The molecule has 0 amide bonds. The molecule has 0 spiro atoms. The third-order valence-corrected chi connectivity index (χ3v) is 4.86. The van der Waals surface area contributed by atoms with Crippen molar-refractivity contribution in [3.8, 4) is 0 Å². The molecule has 1 aromatic rings. The third kappa shape index (κ3) is 2.54. The van der Waals surface area contributed by atoms with Crippen molar-refractivity contribution in [2.45, 2.75) is 45.4 Å². The first-order valence-corrected chi connectivity index (χ1v) is 7.85. The molecule has 0 N–H and O–H groups in total. The van der Waals surface area contributed by atoms with Crippen molar-refractivity contribution in [3.63, 3.8) is 0 Å². The Labute approximate surface area is 117 Å². The summed E-state index contributed by atoms with van der Waals surface area (Å²) in [5.41, 5.74) is 4.69. The van der Waals surface area contributed by atoms with E-state index in [1.807, 2.05) is 0 Å². The minimum atomic E-state index is 0.808. The molecular formula is C19H24. The maximum Gasteiger partial charge on any atom is -0.0125 e. The summed E-state index contributed by atoms with van der Waals surface area (Å²) in [6, 6.07) is 11.1. The van der Waals surface area contributed by atoms with Crippen molar-refractivity contribution < 1.29 is 0 Å². The van der Waals surface area contributed by atoms with Crippen molar-refractivity contribution in [2.75, 3.05) is 0 Å². The van der Waals surface area contributed by atoms with Crippen LogP contribution in [0.25, 0.3) is 5.57 Å². The number of benzene rings is 1. The predicted octanol–water partition coefficient (Wildman–Crippen LogP) is 5.62. The SMILES string of the molecule is CCC1=C(c2ccccc2)C2CCCC2CCC=C1. The van der Waals surface area contributed by atoms with Gasteiger partial charge < -0.3 is 0 Å². The normalized spacial score (nSPS) is 27.0. The van der Waals surface area contributed by atoms with Crippen LogP contribution in [0.2, 0.25) is 0 Å². The third-order valence-electron chi connectivity index (χ3n) is 4.86. The van der Waals surface area contributed by atoms with Crippen molar-refractivity contribution in [1.29, 1.82) is 0 Å². The molecule has 0 heterocycles. The van der Waals surface area contributed by atoms with E-state index in [0.717, 1.165) is 18.3 Å². The molecule has 0 aromatic heterocycles. The van der Waals surface area contributed by atoms with Crippen LogP contribution < -0.4 is 0 Å². The maximum atomic E-state index is 2.40. The molecule has 2 atom stereocenters. The summed E-state index contributed by atoms with van der Waals surface area (Å²) in [6.45, 7) is 2.30. The van der Waals surface area contributed by atoms with Crippen LogP contribution in [0.1, 0.15) is 51.0 Å². The van der Waals surface area contributed by atoms with Crippen LogP contribution in [-0.2, 0) is 0 Å². The minimum absolute atomic E-state index is 0.808. The number of hydrogen-bond donors (Lipinski definition) is 0. The van der Waals surface area contributed by atoms with Crippen LogP contribution in [0.5, 0.6) is 0 Å². The summed E-state index contributed by atoms with van der Waals surface area (Å²) in [7, 11) is 0. The smallest absolute Gasteiger partial charge is 0.0125 e. The Morgan fingerprint density at radius 2 is 1.89 bits per heavy atom. The van der Waals surface area contributed by atoms with Gasteiger partial charge in [0.05, 0.1) is 0 Å². The summed E-state index contributed by atoms with van der Waals surface area (Å²) < 4.78 is 0. The summed E-state index contributed by atoms with van der Waals surface area (Å²) in [5.74, 6) is 1.73. The molecule has 0 bridgehead atoms. The van der Waals surface area contributed by atoms with Gasteiger partial charge in [0.25, 0.3) is 0 Å². The molecular weight excluding hydrogens is 228 g/mol. The Kier molecular flexibility index (Phi) is 3.87. The highest BCUT2D eigenvalue weighted by atomic mass is 14.4. The molecule has 3 rings (SSSR count). The van der Waals surface area contributed by atoms with E-state index in [-0.39, 0.29) is 0 Å². The van der Waals surface area contributed by atoms with E-state index in [1.165, 1.54) is 37.7 Å². The zero-order chi connectivity index (χ0) is 13.1. The number of allylic oxidation sites excluding steroid dienone is 4. The monoisotopic (exact) mass is 252 g/mol. The average molecular weight is 252 g/mol. The van der Waals surface area contributed by atoms with E-state index < -0.39 is 0 Å². The highest BCUT2D eigenvalue weighted by Gasteiger charge is 2.31. The van der Waals surface area contributed by atoms with Crippen LogP contribution in [-0.4, -0.2) is 0 Å². The molecule has 19 heavy (non-hydrogen) atoms. The van der Waals surface area contributed by atoms with Gasteiger partial charge in [0, 0.05) is 0 Å². The molecule has 2 unspecified atom stereocenters. The van der Waals surface area contributed by atoms with Gasteiger partial charge in [-0.3, -0.25) is 0 Å². The molecule has 0 aliphatic heterocycles. The minimum Gasteiger partial charge on any atom is -0.0842 e. The van der Waals surface area contributed by atoms with E-state index >= 15 is 0 Å². The summed E-state index contributed by atoms with van der Waals surface area (Å²) >= 11 is 0. The van der Waals surface area contributed by atoms with Crippen LogP contribution in [0, 0.1) is 11.8 Å². The van der Waals surface area contributed by atoms with Gasteiger partial charge in [-0.1, -0.05) is 55.8 Å². The Morgan fingerprint density at radius 1 is 1.05 bits per heavy atom. The Morgan fingerprint density at radius 3 is 2.68 bits per heavy atom. The summed E-state index contributed by atoms with van der Waals surface area (Å²) in [5, 5.41) is 0. The zero-order valence-corrected chi connectivity index (χ0v) is 11.9. The molecule has 1 aromatic carbocycles. The first kappa shape index (κ1) is 12.7. The topological polar surface area (TPSA) is 0 Å². The van der Waals surface area contributed by atoms with Gasteiger partial charge in [-0.15, -0.1) is 0 Å². The van der Waals surface area contributed by atoms with Gasteiger partial charge >= 0.3 is 0 Å². The summed E-state index contributed by atoms with van der Waals surface area (Å²) in [4.78, 5) is 0. The highest BCUT2D eigenvalue weighted by Crippen LogP contribution is 2.46. The van der Waals surface area contributed by atoms with Gasteiger partial charge in [0.2, 0.25) is 0 Å². The van der Waals surface area contributed by atoms with Crippen molar-refractivity contribution in [1.82, 2.24) is 0 Å². The zero-order valence-electron chi connectivity index (χ0n) is 11.9. The van der Waals surface area contributed by atoms with E-state index in [4.69, 9.17) is 0 Å². The number of hydrogen-bond acceptors (Lipinski definition) is 0. The Bertz CT molecular complexity index is 478. The second kappa shape index (κ2) is 5.77. The van der Waals surface area contributed by atoms with Crippen LogP contribution >= 0.6 is 0 Å². The molecule has 0 radical (unpaired) electrons. The molecule has 0 nitrogen and oxygen atoms in total. The first-order valence-electron chi connectivity index (χ1n) is 7.85. The lowest BCUT2D eigenvalue weighted by Gasteiger charge is -2.27. The van der Waals surface area contributed by atoms with E-state index in [0.29, 0.717) is 0 Å². The molecule has 2 aliphatic rings. The molecule has 1 fully saturated rings. The van der Waals surface area contributed by atoms with E-state index in [2.05, 4.69) is 49.4 Å². The quantitative estimate of drug-likeness (QED) is 0.641. The predicted molar refractivity (Wildman–Crippen MR) is 82.9 cm³/mol. The van der Waals surface area contributed by atoms with Gasteiger partial charge in [-0.05, 0) is 60.6 Å². The van der Waals surface area contributed by atoms with Crippen LogP contribution in [0.15, 0.2) is 48.1 Å². The Hall–Kier alpha value is -1.30. The fraction of sp³-hybridized carbons (Fsp3) is 0.474. The molecule has 2 aliphatic carbocycles. The molecule has 0 saturated heterocycles. The van der Waals surface area contributed by atoms with Gasteiger partial charge in [-0.25, -0.2) is 0 Å². The first-order chi connectivity index (χ1) is 9.40. The fourth-order valence-corrected chi connectivity index (χ4v) is 3.95. The number of rotatable bonds is 2. The largest absolute Gasteiger partial charge is 0.0842 e. The van der Waals surface area contributed by atoms with Crippen molar-refractivity contribution in [3.05, 3.63) is 53.6 Å².